The highest BCUT2D eigenvalue weighted by Crippen LogP contribution is 2.12. The summed E-state index contributed by atoms with van der Waals surface area (Å²) in [6.07, 6.45) is 3.12. The van der Waals surface area contributed by atoms with Gasteiger partial charge in [-0.25, -0.2) is 0 Å². The number of benzene rings is 1. The normalized spacial score (nSPS) is 10.6. The Morgan fingerprint density at radius 3 is 2.50 bits per heavy atom. The standard InChI is InChI=1S/C16H26N2O2/c1-4-5-13-20-15-9-7-14(8-10-15)16(19)17-11-6-12-18(2)3/h7-10H,4-6,11-13H2,1-3H3,(H,17,19). The highest BCUT2D eigenvalue weighted by molar-refractivity contribution is 5.94. The lowest BCUT2D eigenvalue weighted by Gasteiger charge is -2.10. The van der Waals surface area contributed by atoms with E-state index in [1.807, 2.05) is 38.4 Å². The molecule has 1 N–H and O–H groups in total. The third-order valence-electron chi connectivity index (χ3n) is 2.95. The van der Waals surface area contributed by atoms with E-state index in [-0.39, 0.29) is 5.91 Å². The molecule has 0 radical (unpaired) electrons. The van der Waals surface area contributed by atoms with Crippen molar-refractivity contribution in [1.82, 2.24) is 10.2 Å². The molecule has 0 saturated heterocycles. The van der Waals surface area contributed by atoms with Crippen molar-refractivity contribution in [2.45, 2.75) is 26.2 Å². The average molecular weight is 278 g/mol. The zero-order valence-corrected chi connectivity index (χ0v) is 12.8. The first kappa shape index (κ1) is 16.5. The summed E-state index contributed by atoms with van der Waals surface area (Å²) in [5, 5.41) is 2.92. The molecule has 0 fully saturated rings. The number of unbranched alkanes of at least 4 members (excludes halogenated alkanes) is 1. The monoisotopic (exact) mass is 278 g/mol. The summed E-state index contributed by atoms with van der Waals surface area (Å²) in [6, 6.07) is 7.32. The molecule has 0 aliphatic carbocycles. The van der Waals surface area contributed by atoms with Crippen molar-refractivity contribution < 1.29 is 9.53 Å². The van der Waals surface area contributed by atoms with Gasteiger partial charge >= 0.3 is 0 Å². The molecule has 0 aromatic heterocycles. The summed E-state index contributed by atoms with van der Waals surface area (Å²) in [7, 11) is 4.05. The molecule has 1 aromatic carbocycles. The molecule has 0 aliphatic rings. The number of nitrogens with one attached hydrogen (secondary N) is 1. The summed E-state index contributed by atoms with van der Waals surface area (Å²) < 4.78 is 5.57. The van der Waals surface area contributed by atoms with Crippen molar-refractivity contribution in [3.8, 4) is 5.75 Å². The number of hydrogen-bond donors (Lipinski definition) is 1. The van der Waals surface area contributed by atoms with Crippen LogP contribution >= 0.6 is 0 Å². The van der Waals surface area contributed by atoms with E-state index < -0.39 is 0 Å². The van der Waals surface area contributed by atoms with Gasteiger partial charge in [0.15, 0.2) is 0 Å². The largest absolute Gasteiger partial charge is 0.494 e. The van der Waals surface area contributed by atoms with Gasteiger partial charge in [-0.15, -0.1) is 0 Å². The molecule has 1 rings (SSSR count). The maximum Gasteiger partial charge on any atom is 0.251 e. The highest BCUT2D eigenvalue weighted by atomic mass is 16.5. The lowest BCUT2D eigenvalue weighted by molar-refractivity contribution is 0.0952. The van der Waals surface area contributed by atoms with Crippen molar-refractivity contribution >= 4 is 5.91 Å². The number of nitrogens with zero attached hydrogens (tertiary/aromatic N) is 1. The minimum absolute atomic E-state index is 0.0242. The van der Waals surface area contributed by atoms with Crippen LogP contribution in [0, 0.1) is 0 Å². The van der Waals surface area contributed by atoms with Gasteiger partial charge < -0.3 is 15.0 Å². The fraction of sp³-hybridized carbons (Fsp3) is 0.562. The van der Waals surface area contributed by atoms with E-state index >= 15 is 0 Å². The molecule has 20 heavy (non-hydrogen) atoms. The van der Waals surface area contributed by atoms with Gasteiger partial charge in [-0.3, -0.25) is 4.79 Å². The maximum absolute atomic E-state index is 11.9. The molecule has 1 amide bonds. The quantitative estimate of drug-likeness (QED) is 0.706. The molecule has 112 valence electrons. The molecule has 0 heterocycles. The fourth-order valence-electron chi connectivity index (χ4n) is 1.74. The Kier molecular flexibility index (Phi) is 7.73. The van der Waals surface area contributed by atoms with Gasteiger partial charge in [-0.1, -0.05) is 13.3 Å². The third-order valence-corrected chi connectivity index (χ3v) is 2.95. The number of hydrogen-bond acceptors (Lipinski definition) is 3. The van der Waals surface area contributed by atoms with Gasteiger partial charge in [0.1, 0.15) is 5.75 Å². The van der Waals surface area contributed by atoms with E-state index in [1.165, 1.54) is 0 Å². The van der Waals surface area contributed by atoms with E-state index in [0.717, 1.165) is 38.2 Å². The van der Waals surface area contributed by atoms with E-state index in [0.29, 0.717) is 12.1 Å². The summed E-state index contributed by atoms with van der Waals surface area (Å²) >= 11 is 0. The van der Waals surface area contributed by atoms with Crippen molar-refractivity contribution in [2.24, 2.45) is 0 Å². The van der Waals surface area contributed by atoms with Crippen molar-refractivity contribution in [1.29, 1.82) is 0 Å². The molecule has 0 bridgehead atoms. The second-order valence-corrected chi connectivity index (χ2v) is 5.14. The second kappa shape index (κ2) is 9.37. The van der Waals surface area contributed by atoms with Gasteiger partial charge in [-0.2, -0.15) is 0 Å². The third kappa shape index (κ3) is 6.57. The summed E-state index contributed by atoms with van der Waals surface area (Å²) in [4.78, 5) is 14.0. The molecule has 0 unspecified atom stereocenters. The van der Waals surface area contributed by atoms with Gasteiger partial charge in [0, 0.05) is 12.1 Å². The lowest BCUT2D eigenvalue weighted by atomic mass is 10.2. The Hall–Kier alpha value is -1.55. The van der Waals surface area contributed by atoms with Crippen LogP contribution < -0.4 is 10.1 Å². The predicted octanol–water partition coefficient (Wildman–Crippen LogP) is 2.55. The minimum Gasteiger partial charge on any atom is -0.494 e. The molecule has 0 saturated carbocycles. The summed E-state index contributed by atoms with van der Waals surface area (Å²) in [6.45, 7) is 4.54. The predicted molar refractivity (Wildman–Crippen MR) is 82.3 cm³/mol. The van der Waals surface area contributed by atoms with Gasteiger partial charge in [-0.05, 0) is 57.7 Å². The van der Waals surface area contributed by atoms with Crippen LogP contribution in [0.15, 0.2) is 24.3 Å². The molecule has 0 atom stereocenters. The number of amides is 1. The Morgan fingerprint density at radius 1 is 1.20 bits per heavy atom. The summed E-state index contributed by atoms with van der Waals surface area (Å²) in [5.41, 5.74) is 0.678. The SMILES string of the molecule is CCCCOc1ccc(C(=O)NCCCN(C)C)cc1. The van der Waals surface area contributed by atoms with Crippen LogP contribution in [0.5, 0.6) is 5.75 Å². The van der Waals surface area contributed by atoms with Crippen LogP contribution in [0.3, 0.4) is 0 Å². The van der Waals surface area contributed by atoms with E-state index in [9.17, 15) is 4.79 Å². The Labute approximate surface area is 122 Å². The zero-order valence-electron chi connectivity index (χ0n) is 12.8. The number of rotatable bonds is 9. The zero-order chi connectivity index (χ0) is 14.8. The molecule has 0 spiro atoms. The fourth-order valence-corrected chi connectivity index (χ4v) is 1.74. The van der Waals surface area contributed by atoms with Gasteiger partial charge in [0.25, 0.3) is 5.91 Å². The molecule has 4 nitrogen and oxygen atoms in total. The number of ether oxygens (including phenoxy) is 1. The first-order valence-electron chi connectivity index (χ1n) is 7.29. The van der Waals surface area contributed by atoms with Crippen LogP contribution in [0.2, 0.25) is 0 Å². The van der Waals surface area contributed by atoms with Crippen molar-refractivity contribution in [3.05, 3.63) is 29.8 Å². The number of carbonyl (C=O) groups is 1. The Bertz CT molecular complexity index is 388. The Balaban J connectivity index is 2.33. The first-order chi connectivity index (χ1) is 9.63. The molecular weight excluding hydrogens is 252 g/mol. The highest BCUT2D eigenvalue weighted by Gasteiger charge is 2.04. The van der Waals surface area contributed by atoms with Crippen LogP contribution in [-0.4, -0.2) is 44.6 Å². The van der Waals surface area contributed by atoms with E-state index in [4.69, 9.17) is 4.74 Å². The maximum atomic E-state index is 11.9. The van der Waals surface area contributed by atoms with Crippen molar-refractivity contribution in [3.63, 3.8) is 0 Å². The first-order valence-corrected chi connectivity index (χ1v) is 7.29. The topological polar surface area (TPSA) is 41.6 Å². The Morgan fingerprint density at radius 2 is 1.90 bits per heavy atom. The average Bonchev–Trinajstić information content (AvgIpc) is 2.44. The van der Waals surface area contributed by atoms with Crippen molar-refractivity contribution in [2.75, 3.05) is 33.8 Å². The van der Waals surface area contributed by atoms with Crippen LogP contribution in [0.4, 0.5) is 0 Å². The van der Waals surface area contributed by atoms with Gasteiger partial charge in [0.05, 0.1) is 6.61 Å². The molecular formula is C16H26N2O2. The molecule has 0 aliphatic heterocycles. The van der Waals surface area contributed by atoms with Gasteiger partial charge in [0.2, 0.25) is 0 Å². The molecule has 4 heteroatoms. The second-order valence-electron chi connectivity index (χ2n) is 5.14. The van der Waals surface area contributed by atoms with Crippen LogP contribution in [-0.2, 0) is 0 Å². The van der Waals surface area contributed by atoms with E-state index in [2.05, 4.69) is 17.1 Å². The van der Waals surface area contributed by atoms with Crippen LogP contribution in [0.1, 0.15) is 36.5 Å². The minimum atomic E-state index is -0.0242. The van der Waals surface area contributed by atoms with E-state index in [1.54, 1.807) is 0 Å². The lowest BCUT2D eigenvalue weighted by Crippen LogP contribution is -2.27. The smallest absolute Gasteiger partial charge is 0.251 e. The number of carbonyl (C=O) groups excluding carboxylic acids is 1. The van der Waals surface area contributed by atoms with Crippen LogP contribution in [0.25, 0.3) is 0 Å². The summed E-state index contributed by atoms with van der Waals surface area (Å²) in [5.74, 6) is 0.798. The molecule has 1 aromatic rings.